The number of aromatic nitrogens is 1. The molecule has 0 bridgehead atoms. The monoisotopic (exact) mass is 570 g/mol. The third kappa shape index (κ3) is 5.81. The van der Waals surface area contributed by atoms with Gasteiger partial charge in [-0.1, -0.05) is 59.9 Å². The molecule has 1 atom stereocenters. The Kier molecular flexibility index (Phi) is 8.35. The zero-order valence-electron chi connectivity index (χ0n) is 23.2. The van der Waals surface area contributed by atoms with Crippen molar-refractivity contribution in [2.75, 3.05) is 20.8 Å². The van der Waals surface area contributed by atoms with Gasteiger partial charge in [-0.3, -0.25) is 9.36 Å². The molecule has 0 saturated heterocycles. The number of rotatable bonds is 9. The summed E-state index contributed by atoms with van der Waals surface area (Å²) >= 11 is 1.26. The van der Waals surface area contributed by atoms with E-state index in [0.717, 1.165) is 16.7 Å². The molecule has 1 aliphatic heterocycles. The molecule has 1 unspecified atom stereocenters. The minimum absolute atomic E-state index is 0.207. The van der Waals surface area contributed by atoms with Gasteiger partial charge in [0, 0.05) is 0 Å². The number of carbonyl (C=O) groups is 1. The highest BCUT2D eigenvalue weighted by atomic mass is 32.1. The molecular weight excluding hydrogens is 540 g/mol. The highest BCUT2D eigenvalue weighted by Crippen LogP contribution is 2.32. The minimum atomic E-state index is -0.707. The lowest BCUT2D eigenvalue weighted by molar-refractivity contribution is -0.139. The Hall–Kier alpha value is -4.63. The molecule has 0 amide bonds. The molecule has 0 N–H and O–H groups in total. The van der Waals surface area contributed by atoms with E-state index in [9.17, 15) is 9.59 Å². The molecule has 0 spiro atoms. The molecule has 0 fully saturated rings. The van der Waals surface area contributed by atoms with Crippen molar-refractivity contribution < 1.29 is 23.7 Å². The average molecular weight is 571 g/mol. The van der Waals surface area contributed by atoms with E-state index >= 15 is 0 Å². The second kappa shape index (κ2) is 12.3. The van der Waals surface area contributed by atoms with E-state index in [1.165, 1.54) is 11.3 Å². The van der Waals surface area contributed by atoms with Crippen molar-refractivity contribution in [3.8, 4) is 17.2 Å². The van der Waals surface area contributed by atoms with Crippen LogP contribution in [0.5, 0.6) is 17.2 Å². The fraction of sp³-hybridized carbons (Fsp3) is 0.219. The van der Waals surface area contributed by atoms with Crippen molar-refractivity contribution in [3.63, 3.8) is 0 Å². The van der Waals surface area contributed by atoms with Crippen LogP contribution in [-0.2, 0) is 16.1 Å². The maximum atomic E-state index is 13.9. The zero-order valence-corrected chi connectivity index (χ0v) is 24.1. The Morgan fingerprint density at radius 1 is 1.00 bits per heavy atom. The second-order valence-electron chi connectivity index (χ2n) is 9.26. The fourth-order valence-electron chi connectivity index (χ4n) is 4.69. The van der Waals surface area contributed by atoms with Crippen molar-refractivity contribution in [2.45, 2.75) is 26.5 Å². The lowest BCUT2D eigenvalue weighted by Gasteiger charge is -2.24. The van der Waals surface area contributed by atoms with Crippen LogP contribution < -0.4 is 29.1 Å². The number of thiazole rings is 1. The number of esters is 1. The molecule has 1 aromatic heterocycles. The smallest absolute Gasteiger partial charge is 0.338 e. The summed E-state index contributed by atoms with van der Waals surface area (Å²) in [5.41, 5.74) is 3.15. The number of methoxy groups -OCH3 is 2. The first-order chi connectivity index (χ1) is 19.9. The van der Waals surface area contributed by atoms with E-state index < -0.39 is 12.0 Å². The summed E-state index contributed by atoms with van der Waals surface area (Å²) in [6, 6.07) is 22.1. The molecule has 0 radical (unpaired) electrons. The molecule has 0 saturated carbocycles. The van der Waals surface area contributed by atoms with Crippen molar-refractivity contribution in [2.24, 2.45) is 4.99 Å². The van der Waals surface area contributed by atoms with Crippen LogP contribution in [0.3, 0.4) is 0 Å². The van der Waals surface area contributed by atoms with Gasteiger partial charge in [-0.2, -0.15) is 0 Å². The van der Waals surface area contributed by atoms with Crippen LogP contribution in [0.2, 0.25) is 0 Å². The molecule has 2 heterocycles. The summed E-state index contributed by atoms with van der Waals surface area (Å²) in [5.74, 6) is 1.33. The summed E-state index contributed by atoms with van der Waals surface area (Å²) in [7, 11) is 3.13. The number of hydrogen-bond donors (Lipinski definition) is 0. The summed E-state index contributed by atoms with van der Waals surface area (Å²) in [4.78, 5) is 32.2. The molecule has 8 nitrogen and oxygen atoms in total. The number of fused-ring (bicyclic) bond motifs is 1. The lowest BCUT2D eigenvalue weighted by atomic mass is 9.96. The third-order valence-corrected chi connectivity index (χ3v) is 7.65. The third-order valence-electron chi connectivity index (χ3n) is 6.67. The normalized spacial score (nSPS) is 14.7. The maximum Gasteiger partial charge on any atom is 0.338 e. The van der Waals surface area contributed by atoms with E-state index in [-0.39, 0.29) is 12.2 Å². The van der Waals surface area contributed by atoms with Gasteiger partial charge in [0.2, 0.25) is 0 Å². The van der Waals surface area contributed by atoms with Crippen LogP contribution in [0.4, 0.5) is 0 Å². The van der Waals surface area contributed by atoms with Crippen LogP contribution in [0.25, 0.3) is 6.08 Å². The fourth-order valence-corrected chi connectivity index (χ4v) is 5.73. The predicted molar refractivity (Wildman–Crippen MR) is 157 cm³/mol. The lowest BCUT2D eigenvalue weighted by Crippen LogP contribution is -2.39. The van der Waals surface area contributed by atoms with E-state index in [1.807, 2.05) is 60.7 Å². The molecule has 5 rings (SSSR count). The van der Waals surface area contributed by atoms with Gasteiger partial charge >= 0.3 is 5.97 Å². The summed E-state index contributed by atoms with van der Waals surface area (Å²) in [6.45, 7) is 4.15. The van der Waals surface area contributed by atoms with Gasteiger partial charge in [0.25, 0.3) is 5.56 Å². The molecule has 0 aliphatic carbocycles. The van der Waals surface area contributed by atoms with Gasteiger partial charge in [-0.25, -0.2) is 9.79 Å². The Morgan fingerprint density at radius 3 is 2.41 bits per heavy atom. The van der Waals surface area contributed by atoms with E-state index in [1.54, 1.807) is 50.8 Å². The quantitative estimate of drug-likeness (QED) is 0.277. The standard InChI is InChI=1S/C32H30N2O6S/c1-5-39-31(36)28-20(2)33-32-34(30(35)27(41-32)18-22-11-16-25(37-3)26(17-22)38-4)29(28)23-12-14-24(15-13-23)40-19-21-9-7-6-8-10-21/h6-18,29H,5,19H2,1-4H3/b27-18-. The first-order valence-corrected chi connectivity index (χ1v) is 13.9. The van der Waals surface area contributed by atoms with E-state index in [4.69, 9.17) is 18.9 Å². The van der Waals surface area contributed by atoms with Crippen molar-refractivity contribution in [1.82, 2.24) is 4.57 Å². The van der Waals surface area contributed by atoms with E-state index in [0.29, 0.717) is 44.5 Å². The largest absolute Gasteiger partial charge is 0.493 e. The average Bonchev–Trinajstić information content (AvgIpc) is 3.29. The van der Waals surface area contributed by atoms with Crippen LogP contribution in [0.1, 0.15) is 36.6 Å². The van der Waals surface area contributed by atoms with Gasteiger partial charge < -0.3 is 18.9 Å². The van der Waals surface area contributed by atoms with Crippen LogP contribution in [0.15, 0.2) is 93.9 Å². The molecule has 210 valence electrons. The molecule has 1 aliphatic rings. The number of nitrogens with zero attached hydrogens (tertiary/aromatic N) is 2. The molecule has 41 heavy (non-hydrogen) atoms. The van der Waals surface area contributed by atoms with Crippen LogP contribution in [0, 0.1) is 0 Å². The first kappa shape index (κ1) is 27.9. The molecule has 4 aromatic rings. The highest BCUT2D eigenvalue weighted by Gasteiger charge is 2.33. The second-order valence-corrected chi connectivity index (χ2v) is 10.3. The summed E-state index contributed by atoms with van der Waals surface area (Å²) in [5, 5.41) is 0. The maximum absolute atomic E-state index is 13.9. The SMILES string of the molecule is CCOC(=O)C1=C(C)N=c2s/c(=C\c3ccc(OC)c(OC)c3)c(=O)n2C1c1ccc(OCc2ccccc2)cc1. The molecule has 3 aromatic carbocycles. The van der Waals surface area contributed by atoms with Crippen molar-refractivity contribution in [1.29, 1.82) is 0 Å². The van der Waals surface area contributed by atoms with Gasteiger partial charge in [0.05, 0.1) is 42.7 Å². The van der Waals surface area contributed by atoms with Gasteiger partial charge in [-0.15, -0.1) is 0 Å². The summed E-state index contributed by atoms with van der Waals surface area (Å²) < 4.78 is 24.1. The van der Waals surface area contributed by atoms with Gasteiger partial charge in [-0.05, 0) is 60.9 Å². The number of benzene rings is 3. The van der Waals surface area contributed by atoms with Crippen molar-refractivity contribution in [3.05, 3.63) is 120 Å². The van der Waals surface area contributed by atoms with Crippen molar-refractivity contribution >= 4 is 23.4 Å². The Balaban J connectivity index is 1.56. The highest BCUT2D eigenvalue weighted by molar-refractivity contribution is 7.07. The number of allylic oxidation sites excluding steroid dienone is 1. The van der Waals surface area contributed by atoms with Gasteiger partial charge in [0.15, 0.2) is 16.3 Å². The Bertz CT molecular complexity index is 1770. The summed E-state index contributed by atoms with van der Waals surface area (Å²) in [6.07, 6.45) is 1.78. The van der Waals surface area contributed by atoms with Gasteiger partial charge in [0.1, 0.15) is 12.4 Å². The molecule has 9 heteroatoms. The number of carbonyl (C=O) groups excluding carboxylic acids is 1. The van der Waals surface area contributed by atoms with Crippen LogP contribution in [-0.4, -0.2) is 31.4 Å². The topological polar surface area (TPSA) is 88.4 Å². The Labute approximate surface area is 241 Å². The van der Waals surface area contributed by atoms with E-state index in [2.05, 4.69) is 4.99 Å². The minimum Gasteiger partial charge on any atom is -0.493 e. The number of hydrogen-bond acceptors (Lipinski definition) is 8. The molecular formula is C32H30N2O6S. The Morgan fingerprint density at radius 2 is 1.73 bits per heavy atom. The first-order valence-electron chi connectivity index (χ1n) is 13.1. The predicted octanol–water partition coefficient (Wildman–Crippen LogP) is 4.39. The number of ether oxygens (including phenoxy) is 4. The van der Waals surface area contributed by atoms with Crippen LogP contribution >= 0.6 is 11.3 Å². The zero-order chi connectivity index (χ0) is 28.9.